The average molecular weight is 1100 g/mol. The number of benzene rings is 4. The van der Waals surface area contributed by atoms with E-state index in [1.54, 1.807) is 0 Å². The summed E-state index contributed by atoms with van der Waals surface area (Å²) in [5, 5.41) is 50.7. The van der Waals surface area contributed by atoms with Gasteiger partial charge in [-0.25, -0.2) is 0 Å². The highest BCUT2D eigenvalue weighted by Crippen LogP contribution is 2.53. The number of phenolic OH excluding ortho intramolecular Hbond substituents is 4. The molecule has 0 spiro atoms. The Morgan fingerprint density at radius 1 is 0.222 bits per heavy atom. The third-order valence-electron chi connectivity index (χ3n) is 23.7. The van der Waals surface area contributed by atoms with Crippen molar-refractivity contribution in [2.45, 2.75) is 335 Å². The van der Waals surface area contributed by atoms with Crippen LogP contribution in [-0.4, -0.2) is 20.4 Å². The number of rotatable bonds is 16. The summed E-state index contributed by atoms with van der Waals surface area (Å²) in [7, 11) is 0. The largest absolute Gasteiger partial charge is 0.507 e. The topological polar surface area (TPSA) is 80.9 Å². The Bertz CT molecular complexity index is 2150. The summed E-state index contributed by atoms with van der Waals surface area (Å²) in [6.07, 6.45) is 52.0. The first kappa shape index (κ1) is 57.5. The summed E-state index contributed by atoms with van der Waals surface area (Å²) in [4.78, 5) is 0. The van der Waals surface area contributed by atoms with Gasteiger partial charge in [0.05, 0.1) is 0 Å². The maximum absolute atomic E-state index is 12.7. The van der Waals surface area contributed by atoms with Crippen molar-refractivity contribution in [3.8, 4) is 23.0 Å². The lowest BCUT2D eigenvalue weighted by Crippen LogP contribution is -2.15. The second kappa shape index (κ2) is 27.4. The fraction of sp³-hybridized carbons (Fsp3) is 0.688. The molecule has 8 saturated carbocycles. The second-order valence-electron chi connectivity index (χ2n) is 28.9. The Morgan fingerprint density at radius 2 is 0.358 bits per heavy atom. The monoisotopic (exact) mass is 1100 g/mol. The van der Waals surface area contributed by atoms with Crippen LogP contribution in [0.15, 0.2) is 48.5 Å². The standard InChI is InChI=1S/C77H108O4/c78-74-66(52-26-9-1-10-27-52)44-60(45-67(74)53-28-11-2-12-29-53)64(61-46-68(54-30-13-3-14-31-54)75(79)69(47-61)55-32-15-4-16-33-55)42-25-43-65(62-48-70(56-34-17-5-18-35-56)76(80)71(49-62)57-36-19-6-20-37-57)63-50-72(58-38-21-7-22-39-58)77(81)73(51-63)59-40-23-8-24-41-59/h44-59,64-65,78-81H,1-43H2. The van der Waals surface area contributed by atoms with Crippen molar-refractivity contribution in [2.75, 3.05) is 0 Å². The SMILES string of the molecule is Oc1c(C2CCCCC2)cc(C(CCCC(c2cc(C3CCCCC3)c(O)c(C3CCCCC3)c2)c2cc(C3CCCCC3)c(O)c(C3CCCCC3)c2)c2cc(C3CCCCC3)c(O)c(C3CCCCC3)c2)cc1C1CCCCC1. The maximum Gasteiger partial charge on any atom is 0.122 e. The Kier molecular flexibility index (Phi) is 19.5. The maximum atomic E-state index is 12.7. The van der Waals surface area contributed by atoms with Gasteiger partial charge in [0.2, 0.25) is 0 Å². The molecule has 4 aromatic carbocycles. The molecular weight excluding hydrogens is 989 g/mol. The van der Waals surface area contributed by atoms with E-state index < -0.39 is 0 Å². The molecule has 4 nitrogen and oxygen atoms in total. The lowest BCUT2D eigenvalue weighted by molar-refractivity contribution is 0.391. The van der Waals surface area contributed by atoms with Gasteiger partial charge in [-0.2, -0.15) is 0 Å². The third-order valence-corrected chi connectivity index (χ3v) is 23.7. The summed E-state index contributed by atoms with van der Waals surface area (Å²) in [5.41, 5.74) is 15.5. The van der Waals surface area contributed by atoms with Gasteiger partial charge in [0.1, 0.15) is 23.0 Å². The van der Waals surface area contributed by atoms with Crippen molar-refractivity contribution >= 4 is 0 Å². The van der Waals surface area contributed by atoms with E-state index in [0.717, 1.165) is 19.3 Å². The highest BCUT2D eigenvalue weighted by Gasteiger charge is 2.35. The van der Waals surface area contributed by atoms with E-state index in [9.17, 15) is 20.4 Å². The molecule has 4 heteroatoms. The van der Waals surface area contributed by atoms with Gasteiger partial charge < -0.3 is 20.4 Å². The molecule has 0 radical (unpaired) electrons. The van der Waals surface area contributed by atoms with Crippen LogP contribution in [0.5, 0.6) is 23.0 Å². The van der Waals surface area contributed by atoms with Crippen LogP contribution in [0.2, 0.25) is 0 Å². The van der Waals surface area contributed by atoms with Crippen molar-refractivity contribution in [1.29, 1.82) is 0 Å². The van der Waals surface area contributed by atoms with E-state index in [1.165, 1.54) is 324 Å². The number of aromatic hydroxyl groups is 4. The fourth-order valence-electron chi connectivity index (χ4n) is 19.0. The summed E-state index contributed by atoms with van der Waals surface area (Å²) in [6, 6.07) is 20.3. The van der Waals surface area contributed by atoms with Gasteiger partial charge in [-0.3, -0.25) is 0 Å². The van der Waals surface area contributed by atoms with Crippen molar-refractivity contribution in [1.82, 2.24) is 0 Å². The molecule has 0 heterocycles. The molecule has 440 valence electrons. The van der Waals surface area contributed by atoms with Crippen LogP contribution in [0.1, 0.15) is 402 Å². The van der Waals surface area contributed by atoms with Crippen LogP contribution in [0.4, 0.5) is 0 Å². The van der Waals surface area contributed by atoms with Crippen LogP contribution in [-0.2, 0) is 0 Å². The predicted molar refractivity (Wildman–Crippen MR) is 337 cm³/mol. The van der Waals surface area contributed by atoms with Crippen LogP contribution in [0.3, 0.4) is 0 Å². The van der Waals surface area contributed by atoms with Crippen molar-refractivity contribution in [3.05, 3.63) is 115 Å². The molecule has 0 aliphatic heterocycles. The molecule has 81 heavy (non-hydrogen) atoms. The first-order valence-electron chi connectivity index (χ1n) is 35.3. The zero-order valence-electron chi connectivity index (χ0n) is 50.6. The van der Waals surface area contributed by atoms with E-state index >= 15 is 0 Å². The Morgan fingerprint density at radius 3 is 0.494 bits per heavy atom. The predicted octanol–water partition coefficient (Wildman–Crippen LogP) is 23.0. The fourth-order valence-corrected chi connectivity index (χ4v) is 19.0. The molecule has 4 N–H and O–H groups in total. The second-order valence-corrected chi connectivity index (χ2v) is 28.9. The van der Waals surface area contributed by atoms with E-state index in [1.807, 2.05) is 0 Å². The zero-order chi connectivity index (χ0) is 55.1. The van der Waals surface area contributed by atoms with Crippen LogP contribution < -0.4 is 0 Å². The van der Waals surface area contributed by atoms with Crippen LogP contribution in [0.25, 0.3) is 0 Å². The van der Waals surface area contributed by atoms with E-state index in [-0.39, 0.29) is 11.8 Å². The Hall–Kier alpha value is -3.92. The summed E-state index contributed by atoms with van der Waals surface area (Å²) >= 11 is 0. The van der Waals surface area contributed by atoms with E-state index in [4.69, 9.17) is 0 Å². The highest BCUT2D eigenvalue weighted by atomic mass is 16.3. The van der Waals surface area contributed by atoms with Crippen LogP contribution >= 0.6 is 0 Å². The lowest BCUT2D eigenvalue weighted by atomic mass is 9.73. The smallest absolute Gasteiger partial charge is 0.122 e. The van der Waals surface area contributed by atoms with E-state index in [0.29, 0.717) is 70.3 Å². The normalized spacial score (nSPS) is 22.7. The number of hydrogen-bond donors (Lipinski definition) is 4. The lowest BCUT2D eigenvalue weighted by Gasteiger charge is -2.33. The summed E-state index contributed by atoms with van der Waals surface area (Å²) < 4.78 is 0. The van der Waals surface area contributed by atoms with Gasteiger partial charge in [-0.15, -0.1) is 0 Å². The molecule has 0 bridgehead atoms. The molecule has 8 aliphatic carbocycles. The minimum Gasteiger partial charge on any atom is -0.507 e. The minimum absolute atomic E-state index is 0.132. The number of hydrogen-bond acceptors (Lipinski definition) is 4. The van der Waals surface area contributed by atoms with Crippen molar-refractivity contribution in [2.24, 2.45) is 0 Å². The van der Waals surface area contributed by atoms with Crippen molar-refractivity contribution < 1.29 is 20.4 Å². The average Bonchev–Trinajstić information content (AvgIpc) is 3.61. The quantitative estimate of drug-likeness (QED) is 0.0901. The van der Waals surface area contributed by atoms with Gasteiger partial charge >= 0.3 is 0 Å². The molecule has 8 aliphatic rings. The molecule has 0 amide bonds. The first-order valence-corrected chi connectivity index (χ1v) is 35.3. The first-order chi connectivity index (χ1) is 39.9. The molecular formula is C77H108O4. The molecule has 0 saturated heterocycles. The Balaban J connectivity index is 1.02. The molecule has 8 fully saturated rings. The van der Waals surface area contributed by atoms with Gasteiger partial charge in [0.15, 0.2) is 0 Å². The highest BCUT2D eigenvalue weighted by molar-refractivity contribution is 5.56. The Labute approximate surface area is 491 Å². The van der Waals surface area contributed by atoms with Gasteiger partial charge in [-0.05, 0) is 230 Å². The molecule has 0 unspecified atom stereocenters. The van der Waals surface area contributed by atoms with Gasteiger partial charge in [0.25, 0.3) is 0 Å². The molecule has 0 aromatic heterocycles. The van der Waals surface area contributed by atoms with Crippen molar-refractivity contribution in [3.63, 3.8) is 0 Å². The molecule has 12 rings (SSSR count). The number of phenols is 4. The molecule has 4 aromatic rings. The van der Waals surface area contributed by atoms with Crippen LogP contribution in [0, 0.1) is 0 Å². The summed E-state index contributed by atoms with van der Waals surface area (Å²) in [5.74, 6) is 5.97. The third kappa shape index (κ3) is 13.2. The minimum atomic E-state index is 0.132. The molecule has 0 atom stereocenters. The van der Waals surface area contributed by atoms with Gasteiger partial charge in [-0.1, -0.05) is 209 Å². The van der Waals surface area contributed by atoms with E-state index in [2.05, 4.69) is 48.5 Å². The summed E-state index contributed by atoms with van der Waals surface area (Å²) in [6.45, 7) is 0. The van der Waals surface area contributed by atoms with Gasteiger partial charge in [0, 0.05) is 11.8 Å². The zero-order valence-corrected chi connectivity index (χ0v) is 50.6.